The monoisotopic (exact) mass is 349 g/mol. The van der Waals surface area contributed by atoms with E-state index in [1.165, 1.54) is 42.1 Å². The zero-order valence-corrected chi connectivity index (χ0v) is 14.2. The lowest BCUT2D eigenvalue weighted by Gasteiger charge is -2.40. The van der Waals surface area contributed by atoms with Gasteiger partial charge in [0.05, 0.1) is 7.11 Å². The molecule has 2 N–H and O–H groups in total. The van der Waals surface area contributed by atoms with E-state index in [1.54, 1.807) is 7.11 Å². The predicted octanol–water partition coefficient (Wildman–Crippen LogP) is 4.15. The van der Waals surface area contributed by atoms with E-state index in [4.69, 9.17) is 10.5 Å². The van der Waals surface area contributed by atoms with E-state index in [-0.39, 0.29) is 5.54 Å². The predicted molar refractivity (Wildman–Crippen MR) is 88.4 cm³/mol. The molecule has 0 heterocycles. The number of fused-ring (bicyclic) bond motifs is 5. The highest BCUT2D eigenvalue weighted by Gasteiger charge is 2.59. The lowest BCUT2D eigenvalue weighted by Crippen LogP contribution is -2.51. The average molecular weight is 350 g/mol. The Bertz CT molecular complexity index is 560. The molecule has 3 aliphatic rings. The van der Waals surface area contributed by atoms with Crippen LogP contribution < -0.4 is 10.5 Å². The van der Waals surface area contributed by atoms with Gasteiger partial charge in [-0.1, -0.05) is 22.4 Å². The Morgan fingerprint density at radius 3 is 2.95 bits per heavy atom. The molecule has 21 heavy (non-hydrogen) atoms. The summed E-state index contributed by atoms with van der Waals surface area (Å²) in [4.78, 5) is 0. The third-order valence-electron chi connectivity index (χ3n) is 6.46. The number of nitrogens with two attached hydrogens (primary N) is 1. The molecule has 3 aliphatic carbocycles. The Labute approximate surface area is 135 Å². The minimum absolute atomic E-state index is 0.00502. The second kappa shape index (κ2) is 4.99. The Hall–Kier alpha value is -0.540. The van der Waals surface area contributed by atoms with Crippen LogP contribution in [0.15, 0.2) is 22.7 Å². The van der Waals surface area contributed by atoms with Gasteiger partial charge in [-0.2, -0.15) is 0 Å². The van der Waals surface area contributed by atoms with Crippen LogP contribution in [0.5, 0.6) is 5.75 Å². The summed E-state index contributed by atoms with van der Waals surface area (Å²) in [6, 6.07) is 6.24. The summed E-state index contributed by atoms with van der Waals surface area (Å²) in [5.74, 6) is 4.49. The molecular formula is C18H24BrNO. The van der Waals surface area contributed by atoms with Gasteiger partial charge < -0.3 is 10.5 Å². The third-order valence-corrected chi connectivity index (χ3v) is 7.23. The molecule has 1 aromatic rings. The molecule has 2 bridgehead atoms. The SMILES string of the molecule is COc1ccc(Br)c(CC2(N)CC3CC2C2CCCC32)c1. The maximum Gasteiger partial charge on any atom is 0.119 e. The number of rotatable bonds is 3. The molecule has 0 spiro atoms. The van der Waals surface area contributed by atoms with Gasteiger partial charge in [0.25, 0.3) is 0 Å². The third kappa shape index (κ3) is 2.16. The second-order valence-electron chi connectivity index (χ2n) is 7.43. The Morgan fingerprint density at radius 1 is 1.33 bits per heavy atom. The summed E-state index contributed by atoms with van der Waals surface area (Å²) in [5.41, 5.74) is 8.24. The Morgan fingerprint density at radius 2 is 2.14 bits per heavy atom. The molecule has 2 nitrogen and oxygen atoms in total. The van der Waals surface area contributed by atoms with Crippen molar-refractivity contribution in [2.24, 2.45) is 29.4 Å². The van der Waals surface area contributed by atoms with Crippen molar-refractivity contribution >= 4 is 15.9 Å². The van der Waals surface area contributed by atoms with Crippen LogP contribution in [0.3, 0.4) is 0 Å². The van der Waals surface area contributed by atoms with Crippen LogP contribution in [0.1, 0.15) is 37.7 Å². The van der Waals surface area contributed by atoms with Gasteiger partial charge in [-0.05, 0) is 79.5 Å². The van der Waals surface area contributed by atoms with Crippen LogP contribution in [-0.4, -0.2) is 12.6 Å². The molecule has 0 radical (unpaired) electrons. The van der Waals surface area contributed by atoms with E-state index in [1.807, 2.05) is 6.07 Å². The van der Waals surface area contributed by atoms with Crippen molar-refractivity contribution < 1.29 is 4.74 Å². The summed E-state index contributed by atoms with van der Waals surface area (Å²) in [5, 5.41) is 0. The molecule has 0 aromatic heterocycles. The lowest BCUT2D eigenvalue weighted by atomic mass is 9.69. The fourth-order valence-corrected chi connectivity index (χ4v) is 6.07. The molecule has 0 aliphatic heterocycles. The van der Waals surface area contributed by atoms with Crippen LogP contribution >= 0.6 is 15.9 Å². The van der Waals surface area contributed by atoms with Gasteiger partial charge in [0.2, 0.25) is 0 Å². The Balaban J connectivity index is 1.60. The normalized spacial score (nSPS) is 40.5. The minimum Gasteiger partial charge on any atom is -0.497 e. The molecule has 5 atom stereocenters. The summed E-state index contributed by atoms with van der Waals surface area (Å²) in [6.07, 6.45) is 7.90. The summed E-state index contributed by atoms with van der Waals surface area (Å²) >= 11 is 3.69. The number of benzene rings is 1. The summed E-state index contributed by atoms with van der Waals surface area (Å²) < 4.78 is 6.54. The Kier molecular flexibility index (Phi) is 3.34. The van der Waals surface area contributed by atoms with E-state index >= 15 is 0 Å². The quantitative estimate of drug-likeness (QED) is 0.889. The van der Waals surface area contributed by atoms with Crippen LogP contribution in [0.25, 0.3) is 0 Å². The van der Waals surface area contributed by atoms with E-state index in [2.05, 4.69) is 28.1 Å². The van der Waals surface area contributed by atoms with Gasteiger partial charge in [-0.15, -0.1) is 0 Å². The maximum atomic E-state index is 6.93. The number of hydrogen-bond donors (Lipinski definition) is 1. The highest BCUT2D eigenvalue weighted by Crippen LogP contribution is 2.62. The van der Waals surface area contributed by atoms with Crippen LogP contribution in [-0.2, 0) is 6.42 Å². The van der Waals surface area contributed by atoms with Crippen molar-refractivity contribution in [2.75, 3.05) is 7.11 Å². The van der Waals surface area contributed by atoms with Gasteiger partial charge in [0, 0.05) is 10.0 Å². The van der Waals surface area contributed by atoms with E-state index in [9.17, 15) is 0 Å². The van der Waals surface area contributed by atoms with Crippen molar-refractivity contribution in [2.45, 2.75) is 44.1 Å². The molecule has 0 saturated heterocycles. The summed E-state index contributed by atoms with van der Waals surface area (Å²) in [7, 11) is 1.73. The van der Waals surface area contributed by atoms with Crippen molar-refractivity contribution in [1.29, 1.82) is 0 Å². The number of methoxy groups -OCH3 is 1. The topological polar surface area (TPSA) is 35.2 Å². The molecule has 3 fully saturated rings. The standard InChI is InChI=1S/C18H24BrNO/c1-21-13-5-6-17(19)12(7-13)10-18(20)9-11-8-16(18)15-4-2-3-14(11)15/h5-7,11,14-16H,2-4,8-10,20H2,1H3. The zero-order chi connectivity index (χ0) is 14.6. The molecule has 5 unspecified atom stereocenters. The van der Waals surface area contributed by atoms with Crippen molar-refractivity contribution in [3.8, 4) is 5.75 Å². The minimum atomic E-state index is 0.00502. The molecule has 3 heteroatoms. The van der Waals surface area contributed by atoms with E-state index in [0.29, 0.717) is 0 Å². The van der Waals surface area contributed by atoms with E-state index in [0.717, 1.165) is 35.8 Å². The van der Waals surface area contributed by atoms with Gasteiger partial charge in [-0.25, -0.2) is 0 Å². The second-order valence-corrected chi connectivity index (χ2v) is 8.29. The molecule has 114 valence electrons. The van der Waals surface area contributed by atoms with E-state index < -0.39 is 0 Å². The first-order valence-corrected chi connectivity index (χ1v) is 9.01. The fourth-order valence-electron chi connectivity index (χ4n) is 5.68. The molecule has 1 aromatic carbocycles. The first kappa shape index (κ1) is 14.1. The highest BCUT2D eigenvalue weighted by atomic mass is 79.9. The zero-order valence-electron chi connectivity index (χ0n) is 12.6. The van der Waals surface area contributed by atoms with Crippen molar-refractivity contribution in [1.82, 2.24) is 0 Å². The van der Waals surface area contributed by atoms with Crippen LogP contribution in [0.2, 0.25) is 0 Å². The maximum absolute atomic E-state index is 6.93. The summed E-state index contributed by atoms with van der Waals surface area (Å²) in [6.45, 7) is 0. The van der Waals surface area contributed by atoms with Crippen LogP contribution in [0, 0.1) is 23.7 Å². The number of ether oxygens (including phenoxy) is 1. The van der Waals surface area contributed by atoms with Gasteiger partial charge in [0.15, 0.2) is 0 Å². The van der Waals surface area contributed by atoms with Gasteiger partial charge in [-0.3, -0.25) is 0 Å². The smallest absolute Gasteiger partial charge is 0.119 e. The van der Waals surface area contributed by atoms with Gasteiger partial charge in [0.1, 0.15) is 5.75 Å². The largest absolute Gasteiger partial charge is 0.497 e. The van der Waals surface area contributed by atoms with Gasteiger partial charge >= 0.3 is 0 Å². The number of hydrogen-bond acceptors (Lipinski definition) is 2. The fraction of sp³-hybridized carbons (Fsp3) is 0.667. The first-order valence-electron chi connectivity index (χ1n) is 8.22. The molecule has 4 rings (SSSR count). The molecule has 3 saturated carbocycles. The van der Waals surface area contributed by atoms with Crippen molar-refractivity contribution in [3.05, 3.63) is 28.2 Å². The highest BCUT2D eigenvalue weighted by molar-refractivity contribution is 9.10. The lowest BCUT2D eigenvalue weighted by molar-refractivity contribution is 0.156. The van der Waals surface area contributed by atoms with Crippen LogP contribution in [0.4, 0.5) is 0 Å². The van der Waals surface area contributed by atoms with Crippen molar-refractivity contribution in [3.63, 3.8) is 0 Å². The number of halogens is 1. The molecule has 0 amide bonds. The average Bonchev–Trinajstić information content (AvgIpc) is 3.12. The molecular weight excluding hydrogens is 326 g/mol. The first-order chi connectivity index (χ1) is 10.1.